The molecule has 3 rings (SSSR count). The number of nitrogens with zero attached hydrogens (tertiary/aromatic N) is 2. The van der Waals surface area contributed by atoms with Crippen LogP contribution >= 0.6 is 0 Å². The first-order valence-corrected chi connectivity index (χ1v) is 7.69. The number of hydrogen-bond acceptors (Lipinski definition) is 3. The molecule has 1 aromatic carbocycles. The molecule has 1 atom stereocenters. The van der Waals surface area contributed by atoms with E-state index in [4.69, 9.17) is 0 Å². The van der Waals surface area contributed by atoms with E-state index in [1.807, 2.05) is 12.4 Å². The van der Waals surface area contributed by atoms with Crippen molar-refractivity contribution in [3.05, 3.63) is 36.7 Å². The lowest BCUT2D eigenvalue weighted by atomic mass is 10.1. The van der Waals surface area contributed by atoms with Crippen LogP contribution in [0.5, 0.6) is 0 Å². The Hall–Kier alpha value is -1.61. The van der Waals surface area contributed by atoms with Gasteiger partial charge >= 0.3 is 0 Å². The van der Waals surface area contributed by atoms with Gasteiger partial charge in [0.05, 0.1) is 0 Å². The molecule has 0 bridgehead atoms. The normalized spacial score (nSPS) is 20.6. The number of anilines is 1. The highest BCUT2D eigenvalue weighted by atomic mass is 15.1. The van der Waals surface area contributed by atoms with Crippen molar-refractivity contribution in [3.8, 4) is 0 Å². The average Bonchev–Trinajstić information content (AvgIpc) is 2.47. The van der Waals surface area contributed by atoms with Crippen LogP contribution in [0.2, 0.25) is 0 Å². The van der Waals surface area contributed by atoms with Gasteiger partial charge in [-0.1, -0.05) is 19.1 Å². The van der Waals surface area contributed by atoms with Gasteiger partial charge in [0, 0.05) is 42.6 Å². The number of nitrogens with one attached hydrogen (secondary N) is 1. The lowest BCUT2D eigenvalue weighted by Gasteiger charge is -2.31. The molecule has 1 N–H and O–H groups in total. The zero-order valence-corrected chi connectivity index (χ0v) is 12.2. The maximum atomic E-state index is 4.30. The molecule has 106 valence electrons. The Morgan fingerprint density at radius 1 is 1.30 bits per heavy atom. The van der Waals surface area contributed by atoms with Crippen LogP contribution in [0.4, 0.5) is 5.69 Å². The molecule has 0 spiro atoms. The summed E-state index contributed by atoms with van der Waals surface area (Å²) < 4.78 is 0. The van der Waals surface area contributed by atoms with Crippen molar-refractivity contribution in [2.24, 2.45) is 0 Å². The molecule has 1 aromatic heterocycles. The second-order valence-electron chi connectivity index (χ2n) is 5.56. The van der Waals surface area contributed by atoms with Crippen LogP contribution in [0.15, 0.2) is 36.7 Å². The zero-order valence-electron chi connectivity index (χ0n) is 12.2. The van der Waals surface area contributed by atoms with Gasteiger partial charge in [0.25, 0.3) is 0 Å². The number of benzene rings is 1. The number of hydrogen-bond donors (Lipinski definition) is 1. The van der Waals surface area contributed by atoms with Crippen LogP contribution < -0.4 is 10.2 Å². The van der Waals surface area contributed by atoms with E-state index < -0.39 is 0 Å². The predicted octanol–water partition coefficient (Wildman–Crippen LogP) is 3.20. The van der Waals surface area contributed by atoms with E-state index in [0.29, 0.717) is 6.04 Å². The molecular formula is C17H23N3. The topological polar surface area (TPSA) is 28.2 Å². The van der Waals surface area contributed by atoms with Gasteiger partial charge in [0.2, 0.25) is 0 Å². The number of pyridine rings is 1. The van der Waals surface area contributed by atoms with Crippen molar-refractivity contribution >= 4 is 16.5 Å². The Bertz CT molecular complexity index is 562. The van der Waals surface area contributed by atoms with Gasteiger partial charge < -0.3 is 10.2 Å². The predicted molar refractivity (Wildman–Crippen MR) is 85.3 cm³/mol. The van der Waals surface area contributed by atoms with Crippen LogP contribution in [-0.2, 0) is 0 Å². The van der Waals surface area contributed by atoms with Crippen LogP contribution in [0.3, 0.4) is 0 Å². The van der Waals surface area contributed by atoms with Crippen LogP contribution in [0, 0.1) is 0 Å². The van der Waals surface area contributed by atoms with E-state index in [2.05, 4.69) is 46.4 Å². The minimum Gasteiger partial charge on any atom is -0.371 e. The molecule has 3 nitrogen and oxygen atoms in total. The van der Waals surface area contributed by atoms with Crippen LogP contribution in [0.1, 0.15) is 26.2 Å². The molecule has 1 aliphatic heterocycles. The third-order valence-electron chi connectivity index (χ3n) is 4.28. The van der Waals surface area contributed by atoms with Crippen molar-refractivity contribution in [2.45, 2.75) is 32.2 Å². The van der Waals surface area contributed by atoms with Crippen molar-refractivity contribution < 1.29 is 0 Å². The van der Waals surface area contributed by atoms with Crippen molar-refractivity contribution in [1.29, 1.82) is 0 Å². The summed E-state index contributed by atoms with van der Waals surface area (Å²) in [6.45, 7) is 5.64. The second-order valence-corrected chi connectivity index (χ2v) is 5.56. The fourth-order valence-corrected chi connectivity index (χ4v) is 3.06. The van der Waals surface area contributed by atoms with Gasteiger partial charge in [0.1, 0.15) is 0 Å². The smallest absolute Gasteiger partial charge is 0.0461 e. The molecule has 0 amide bonds. The Morgan fingerprint density at radius 3 is 3.15 bits per heavy atom. The van der Waals surface area contributed by atoms with Gasteiger partial charge in [-0.05, 0) is 43.3 Å². The van der Waals surface area contributed by atoms with Gasteiger partial charge in [-0.25, -0.2) is 0 Å². The van der Waals surface area contributed by atoms with E-state index in [0.717, 1.165) is 19.6 Å². The molecule has 1 aliphatic rings. The quantitative estimate of drug-likeness (QED) is 0.907. The average molecular weight is 269 g/mol. The van der Waals surface area contributed by atoms with Gasteiger partial charge in [0.15, 0.2) is 0 Å². The zero-order chi connectivity index (χ0) is 13.8. The fraction of sp³-hybridized carbons (Fsp3) is 0.471. The Balaban J connectivity index is 1.89. The van der Waals surface area contributed by atoms with Crippen LogP contribution in [-0.4, -0.2) is 30.7 Å². The first-order chi connectivity index (χ1) is 9.88. The molecule has 0 aliphatic carbocycles. The summed E-state index contributed by atoms with van der Waals surface area (Å²) in [4.78, 5) is 6.84. The maximum absolute atomic E-state index is 4.30. The van der Waals surface area contributed by atoms with Crippen molar-refractivity contribution in [2.75, 3.05) is 24.5 Å². The molecule has 20 heavy (non-hydrogen) atoms. The highest BCUT2D eigenvalue weighted by molar-refractivity contribution is 5.93. The minimum absolute atomic E-state index is 0.658. The first kappa shape index (κ1) is 13.4. The molecule has 0 radical (unpaired) electrons. The number of fused-ring (bicyclic) bond motifs is 1. The highest BCUT2D eigenvalue weighted by Gasteiger charge is 2.15. The second kappa shape index (κ2) is 6.23. The van der Waals surface area contributed by atoms with E-state index in [9.17, 15) is 0 Å². The monoisotopic (exact) mass is 269 g/mol. The van der Waals surface area contributed by atoms with Crippen molar-refractivity contribution in [3.63, 3.8) is 0 Å². The number of rotatable bonds is 2. The van der Waals surface area contributed by atoms with E-state index in [1.54, 1.807) is 0 Å². The minimum atomic E-state index is 0.658. The third kappa shape index (κ3) is 2.78. The van der Waals surface area contributed by atoms with Gasteiger partial charge in [-0.3, -0.25) is 4.98 Å². The number of aromatic nitrogens is 1. The Morgan fingerprint density at radius 2 is 2.25 bits per heavy atom. The van der Waals surface area contributed by atoms with E-state index in [-0.39, 0.29) is 0 Å². The van der Waals surface area contributed by atoms with Crippen molar-refractivity contribution in [1.82, 2.24) is 10.3 Å². The molecule has 2 heterocycles. The Kier molecular flexibility index (Phi) is 4.16. The maximum Gasteiger partial charge on any atom is 0.0461 e. The summed E-state index contributed by atoms with van der Waals surface area (Å²) in [6.07, 6.45) is 7.50. The molecule has 1 unspecified atom stereocenters. The van der Waals surface area contributed by atoms with Gasteiger partial charge in [-0.15, -0.1) is 0 Å². The summed E-state index contributed by atoms with van der Waals surface area (Å²) in [5.74, 6) is 0. The molecular weight excluding hydrogens is 246 g/mol. The summed E-state index contributed by atoms with van der Waals surface area (Å²) in [5.41, 5.74) is 1.34. The highest BCUT2D eigenvalue weighted by Crippen LogP contribution is 2.26. The van der Waals surface area contributed by atoms with Crippen LogP contribution in [0.25, 0.3) is 10.8 Å². The fourth-order valence-electron chi connectivity index (χ4n) is 3.06. The first-order valence-electron chi connectivity index (χ1n) is 7.69. The summed E-state index contributed by atoms with van der Waals surface area (Å²) in [7, 11) is 0. The summed E-state index contributed by atoms with van der Waals surface area (Å²) in [6, 6.07) is 9.32. The summed E-state index contributed by atoms with van der Waals surface area (Å²) >= 11 is 0. The molecule has 2 aromatic rings. The molecule has 1 saturated heterocycles. The molecule has 3 heteroatoms. The Labute approximate surface area is 121 Å². The molecule has 1 fully saturated rings. The van der Waals surface area contributed by atoms with E-state index in [1.165, 1.54) is 35.7 Å². The largest absolute Gasteiger partial charge is 0.371 e. The summed E-state index contributed by atoms with van der Waals surface area (Å²) in [5, 5.41) is 6.20. The van der Waals surface area contributed by atoms with Gasteiger partial charge in [-0.2, -0.15) is 0 Å². The standard InChI is InChI=1S/C17H23N3/c1-2-15-8-12-20(11-4-9-19-15)17-6-3-5-14-7-10-18-13-16(14)17/h3,5-7,10,13,15,19H,2,4,8-9,11-12H2,1H3. The lowest BCUT2D eigenvalue weighted by Crippen LogP contribution is -2.39. The third-order valence-corrected chi connectivity index (χ3v) is 4.28. The lowest BCUT2D eigenvalue weighted by molar-refractivity contribution is 0.439. The molecule has 0 saturated carbocycles. The van der Waals surface area contributed by atoms with E-state index >= 15 is 0 Å². The SMILES string of the molecule is CCC1CCN(c2cccc3ccncc23)CCCN1.